The molecule has 1 heterocycles. The third-order valence-electron chi connectivity index (χ3n) is 4.59. The number of nitrogens with one attached hydrogen (secondary N) is 1. The number of hydrogen-bond acceptors (Lipinski definition) is 3. The molecule has 156 valence electrons. The van der Waals surface area contributed by atoms with Crippen LogP contribution < -0.4 is 15.0 Å². The van der Waals surface area contributed by atoms with Crippen LogP contribution in [0.25, 0.3) is 0 Å². The van der Waals surface area contributed by atoms with Crippen LogP contribution in [-0.4, -0.2) is 50.6 Å². The number of hydrogen-bond donors (Lipinski definition) is 1. The van der Waals surface area contributed by atoms with Gasteiger partial charge in [-0.25, -0.2) is 0 Å². The van der Waals surface area contributed by atoms with Crippen molar-refractivity contribution in [2.45, 2.75) is 13.0 Å². The van der Waals surface area contributed by atoms with E-state index in [1.807, 2.05) is 60.5 Å². The highest BCUT2D eigenvalue weighted by Crippen LogP contribution is 2.31. The van der Waals surface area contributed by atoms with Crippen molar-refractivity contribution in [3.8, 4) is 5.75 Å². The Morgan fingerprint density at radius 3 is 2.72 bits per heavy atom. The van der Waals surface area contributed by atoms with Crippen molar-refractivity contribution in [1.29, 1.82) is 0 Å². The molecule has 6 nitrogen and oxygen atoms in total. The third-order valence-corrected chi connectivity index (χ3v) is 4.96. The molecular weight excluding hydrogens is 503 g/mol. The molecule has 1 aliphatic rings. The lowest BCUT2D eigenvalue weighted by Gasteiger charge is -2.29. The van der Waals surface area contributed by atoms with Gasteiger partial charge in [-0.15, -0.1) is 24.0 Å². The summed E-state index contributed by atoms with van der Waals surface area (Å²) in [4.78, 5) is 20.4. The summed E-state index contributed by atoms with van der Waals surface area (Å²) in [7, 11) is 3.73. The molecule has 3 rings (SSSR count). The lowest BCUT2D eigenvalue weighted by Crippen LogP contribution is -2.42. The fraction of sp³-hybridized carbons (Fsp3) is 0.333. The quantitative estimate of drug-likeness (QED) is 0.268. The minimum atomic E-state index is -0.0149. The number of nitrogens with zero attached hydrogens (tertiary/aromatic N) is 3. The predicted molar refractivity (Wildman–Crippen MR) is 129 cm³/mol. The molecule has 0 radical (unpaired) electrons. The summed E-state index contributed by atoms with van der Waals surface area (Å²) >= 11 is 6.25. The summed E-state index contributed by atoms with van der Waals surface area (Å²) in [5.74, 6) is 1.53. The topological polar surface area (TPSA) is 57.2 Å². The summed E-state index contributed by atoms with van der Waals surface area (Å²) < 4.78 is 5.48. The molecule has 2 aromatic rings. The number of rotatable bonds is 6. The lowest BCUT2D eigenvalue weighted by atomic mass is 10.2. The highest BCUT2D eigenvalue weighted by molar-refractivity contribution is 14.0. The molecular formula is C21H26ClIN4O2. The number of halogens is 2. The maximum atomic E-state index is 12.2. The molecule has 8 heteroatoms. The summed E-state index contributed by atoms with van der Waals surface area (Å²) in [6, 6.07) is 15.4. The van der Waals surface area contributed by atoms with Crippen molar-refractivity contribution in [3.63, 3.8) is 0 Å². The number of benzene rings is 2. The standard InChI is InChI=1S/C21H25ClN4O2.HI/c1-23-21(25(2)14-16-8-3-4-9-17(16)22)24-12-7-13-26-18-10-5-6-11-19(18)28-15-20(26)27;/h3-6,8-11H,7,12-15H2,1-2H3,(H,23,24);1H. The van der Waals surface area contributed by atoms with Gasteiger partial charge in [0.1, 0.15) is 5.75 Å². The Labute approximate surface area is 193 Å². The Morgan fingerprint density at radius 1 is 1.24 bits per heavy atom. The molecule has 0 spiro atoms. The SMILES string of the molecule is CN=C(NCCCN1C(=O)COc2ccccc21)N(C)Cc1ccccc1Cl.I. The van der Waals surface area contributed by atoms with Crippen LogP contribution in [0.4, 0.5) is 5.69 Å². The predicted octanol–water partition coefficient (Wildman–Crippen LogP) is 3.78. The summed E-state index contributed by atoms with van der Waals surface area (Å²) in [6.07, 6.45) is 0.791. The second-order valence-electron chi connectivity index (χ2n) is 6.58. The molecule has 0 unspecified atom stereocenters. The smallest absolute Gasteiger partial charge is 0.265 e. The second kappa shape index (κ2) is 11.3. The number of anilines is 1. The van der Waals surface area contributed by atoms with Crippen LogP contribution in [-0.2, 0) is 11.3 Å². The zero-order valence-electron chi connectivity index (χ0n) is 16.6. The first-order valence-corrected chi connectivity index (χ1v) is 9.65. The van der Waals surface area contributed by atoms with Crippen LogP contribution in [0.1, 0.15) is 12.0 Å². The Bertz CT molecular complexity index is 862. The number of para-hydroxylation sites is 2. The highest BCUT2D eigenvalue weighted by atomic mass is 127. The van der Waals surface area contributed by atoms with Gasteiger partial charge in [0.2, 0.25) is 0 Å². The molecule has 1 aliphatic heterocycles. The van der Waals surface area contributed by atoms with Gasteiger partial charge < -0.3 is 19.9 Å². The zero-order chi connectivity index (χ0) is 19.9. The van der Waals surface area contributed by atoms with Crippen LogP contribution >= 0.6 is 35.6 Å². The minimum absolute atomic E-state index is 0. The van der Waals surface area contributed by atoms with E-state index in [0.717, 1.165) is 34.4 Å². The molecule has 0 aromatic heterocycles. The van der Waals surface area contributed by atoms with Gasteiger partial charge >= 0.3 is 0 Å². The van der Waals surface area contributed by atoms with Gasteiger partial charge in [-0.05, 0) is 30.2 Å². The number of ether oxygens (including phenoxy) is 1. The number of carbonyl (C=O) groups excluding carboxylic acids is 1. The van der Waals surface area contributed by atoms with Crippen LogP contribution in [0, 0.1) is 0 Å². The van der Waals surface area contributed by atoms with Crippen molar-refractivity contribution in [3.05, 3.63) is 59.1 Å². The summed E-state index contributed by atoms with van der Waals surface area (Å²) in [5.41, 5.74) is 1.88. The zero-order valence-corrected chi connectivity index (χ0v) is 19.7. The lowest BCUT2D eigenvalue weighted by molar-refractivity contribution is -0.121. The van der Waals surface area contributed by atoms with E-state index in [0.29, 0.717) is 19.6 Å². The first-order valence-electron chi connectivity index (χ1n) is 9.27. The monoisotopic (exact) mass is 528 g/mol. The van der Waals surface area contributed by atoms with Crippen molar-refractivity contribution in [1.82, 2.24) is 10.2 Å². The maximum absolute atomic E-state index is 12.2. The van der Waals surface area contributed by atoms with Gasteiger partial charge in [0, 0.05) is 38.8 Å². The van der Waals surface area contributed by atoms with Crippen LogP contribution in [0.5, 0.6) is 5.75 Å². The van der Waals surface area contributed by atoms with Gasteiger partial charge in [-0.1, -0.05) is 41.9 Å². The fourth-order valence-corrected chi connectivity index (χ4v) is 3.37. The maximum Gasteiger partial charge on any atom is 0.265 e. The van der Waals surface area contributed by atoms with Crippen LogP contribution in [0.3, 0.4) is 0 Å². The highest BCUT2D eigenvalue weighted by Gasteiger charge is 2.24. The molecule has 0 saturated carbocycles. The first-order chi connectivity index (χ1) is 13.6. The summed E-state index contributed by atoms with van der Waals surface area (Å²) in [5, 5.41) is 4.10. The van der Waals surface area contributed by atoms with Gasteiger partial charge in [-0.3, -0.25) is 9.79 Å². The van der Waals surface area contributed by atoms with E-state index in [1.54, 1.807) is 11.9 Å². The molecule has 29 heavy (non-hydrogen) atoms. The molecule has 2 aromatic carbocycles. The fourth-order valence-electron chi connectivity index (χ4n) is 3.18. The average molecular weight is 529 g/mol. The van der Waals surface area contributed by atoms with Gasteiger partial charge in [0.05, 0.1) is 5.69 Å². The molecule has 0 fully saturated rings. The third kappa shape index (κ3) is 5.99. The molecule has 0 bridgehead atoms. The van der Waals surface area contributed by atoms with Gasteiger partial charge in [-0.2, -0.15) is 0 Å². The van der Waals surface area contributed by atoms with Crippen molar-refractivity contribution in [2.24, 2.45) is 4.99 Å². The van der Waals surface area contributed by atoms with E-state index < -0.39 is 0 Å². The first kappa shape index (κ1) is 23.3. The number of guanidine groups is 1. The second-order valence-corrected chi connectivity index (χ2v) is 6.98. The Balaban J connectivity index is 0.00000300. The minimum Gasteiger partial charge on any atom is -0.482 e. The van der Waals surface area contributed by atoms with E-state index in [-0.39, 0.29) is 36.5 Å². The number of aliphatic imine (C=N–C) groups is 1. The number of fused-ring (bicyclic) bond motifs is 1. The largest absolute Gasteiger partial charge is 0.482 e. The molecule has 1 N–H and O–H groups in total. The van der Waals surface area contributed by atoms with E-state index in [9.17, 15) is 4.79 Å². The van der Waals surface area contributed by atoms with E-state index >= 15 is 0 Å². The molecule has 0 saturated heterocycles. The van der Waals surface area contributed by atoms with Crippen LogP contribution in [0.15, 0.2) is 53.5 Å². The average Bonchev–Trinajstić information content (AvgIpc) is 2.71. The van der Waals surface area contributed by atoms with Crippen molar-refractivity contribution >= 4 is 53.1 Å². The molecule has 0 aliphatic carbocycles. The van der Waals surface area contributed by atoms with E-state index in [2.05, 4.69) is 10.3 Å². The number of amides is 1. The number of carbonyl (C=O) groups is 1. The Kier molecular flexibility index (Phi) is 9.03. The molecule has 0 atom stereocenters. The van der Waals surface area contributed by atoms with Crippen LogP contribution in [0.2, 0.25) is 5.02 Å². The van der Waals surface area contributed by atoms with E-state index in [4.69, 9.17) is 16.3 Å². The van der Waals surface area contributed by atoms with Crippen molar-refractivity contribution < 1.29 is 9.53 Å². The summed E-state index contributed by atoms with van der Waals surface area (Å²) in [6.45, 7) is 2.07. The van der Waals surface area contributed by atoms with Crippen molar-refractivity contribution in [2.75, 3.05) is 38.7 Å². The Morgan fingerprint density at radius 2 is 1.97 bits per heavy atom. The van der Waals surface area contributed by atoms with Gasteiger partial charge in [0.15, 0.2) is 12.6 Å². The van der Waals surface area contributed by atoms with Gasteiger partial charge in [0.25, 0.3) is 5.91 Å². The normalized spacial score (nSPS) is 13.3. The van der Waals surface area contributed by atoms with E-state index in [1.165, 1.54) is 0 Å². The Hall–Kier alpha value is -2.00. The molecule has 1 amide bonds.